The average molecular weight is 393 g/mol. The molecule has 0 unspecified atom stereocenters. The van der Waals surface area contributed by atoms with Crippen molar-refractivity contribution in [3.63, 3.8) is 0 Å². The summed E-state index contributed by atoms with van der Waals surface area (Å²) in [6.45, 7) is 6.20. The molecule has 2 aromatic rings. The molecule has 0 radical (unpaired) electrons. The fourth-order valence-electron chi connectivity index (χ4n) is 2.40. The zero-order valence-electron chi connectivity index (χ0n) is 15.2. The molecular formula is C18H24N4O2S2. The van der Waals surface area contributed by atoms with Gasteiger partial charge in [-0.2, -0.15) is 0 Å². The zero-order valence-corrected chi connectivity index (χ0v) is 16.9. The van der Waals surface area contributed by atoms with Gasteiger partial charge in [0, 0.05) is 11.6 Å². The van der Waals surface area contributed by atoms with Crippen LogP contribution in [0.15, 0.2) is 24.3 Å². The minimum atomic E-state index is -0.175. The van der Waals surface area contributed by atoms with E-state index in [1.54, 1.807) is 0 Å². The zero-order chi connectivity index (χ0) is 18.9. The van der Waals surface area contributed by atoms with E-state index in [0.29, 0.717) is 11.0 Å². The average Bonchev–Trinajstić information content (AvgIpc) is 3.04. The molecule has 0 atom stereocenters. The van der Waals surface area contributed by atoms with Crippen LogP contribution in [-0.4, -0.2) is 33.5 Å². The van der Waals surface area contributed by atoms with Gasteiger partial charge >= 0.3 is 0 Å². The monoisotopic (exact) mass is 392 g/mol. The molecular weight excluding hydrogens is 368 g/mol. The number of aromatic nitrogens is 2. The largest absolute Gasteiger partial charge is 0.325 e. The molecule has 0 aliphatic heterocycles. The quantitative estimate of drug-likeness (QED) is 0.672. The van der Waals surface area contributed by atoms with Gasteiger partial charge < -0.3 is 5.32 Å². The van der Waals surface area contributed by atoms with Gasteiger partial charge in [0.15, 0.2) is 0 Å². The number of anilines is 2. The standard InChI is InChI=1S/C18H24N4O2S2/c1-4-13(5-2)17-21-22-18(26-17)20-16(24)11-25-10-15(23)19-14-8-6-7-12(3)9-14/h6-9,13H,4-5,10-11H2,1-3H3,(H,19,23)(H,20,22,24). The second-order valence-electron chi connectivity index (χ2n) is 5.92. The molecule has 0 bridgehead atoms. The highest BCUT2D eigenvalue weighted by Gasteiger charge is 2.14. The Morgan fingerprint density at radius 3 is 2.46 bits per heavy atom. The van der Waals surface area contributed by atoms with E-state index < -0.39 is 0 Å². The van der Waals surface area contributed by atoms with Crippen LogP contribution in [0.1, 0.15) is 43.2 Å². The van der Waals surface area contributed by atoms with Gasteiger partial charge in [0.05, 0.1) is 11.5 Å². The van der Waals surface area contributed by atoms with Crippen molar-refractivity contribution >= 4 is 45.7 Å². The molecule has 2 rings (SSSR count). The summed E-state index contributed by atoms with van der Waals surface area (Å²) >= 11 is 2.69. The fraction of sp³-hybridized carbons (Fsp3) is 0.444. The molecule has 140 valence electrons. The lowest BCUT2D eigenvalue weighted by Crippen LogP contribution is -2.18. The minimum Gasteiger partial charge on any atom is -0.325 e. The molecule has 2 N–H and O–H groups in total. The lowest BCUT2D eigenvalue weighted by Gasteiger charge is -2.06. The number of thioether (sulfide) groups is 1. The number of benzene rings is 1. The van der Waals surface area contributed by atoms with Crippen molar-refractivity contribution in [3.05, 3.63) is 34.8 Å². The van der Waals surface area contributed by atoms with Gasteiger partial charge in [0.2, 0.25) is 16.9 Å². The SMILES string of the molecule is CCC(CC)c1nnc(NC(=O)CSCC(=O)Nc2cccc(C)c2)s1. The number of hydrogen-bond donors (Lipinski definition) is 2. The maximum absolute atomic E-state index is 12.0. The topological polar surface area (TPSA) is 84.0 Å². The van der Waals surface area contributed by atoms with Gasteiger partial charge in [0.25, 0.3) is 0 Å². The van der Waals surface area contributed by atoms with Crippen LogP contribution in [0.2, 0.25) is 0 Å². The summed E-state index contributed by atoms with van der Waals surface area (Å²) in [5, 5.41) is 15.2. The predicted molar refractivity (Wildman–Crippen MR) is 109 cm³/mol. The number of aryl methyl sites for hydroxylation is 1. The minimum absolute atomic E-state index is 0.125. The van der Waals surface area contributed by atoms with Gasteiger partial charge in [0.1, 0.15) is 5.01 Å². The second kappa shape index (κ2) is 10.3. The lowest BCUT2D eigenvalue weighted by molar-refractivity contribution is -0.114. The number of rotatable bonds is 9. The maximum atomic E-state index is 12.0. The molecule has 8 heteroatoms. The van der Waals surface area contributed by atoms with Crippen molar-refractivity contribution in [3.8, 4) is 0 Å². The van der Waals surface area contributed by atoms with E-state index in [1.165, 1.54) is 23.1 Å². The molecule has 2 amide bonds. The summed E-state index contributed by atoms with van der Waals surface area (Å²) in [5.41, 5.74) is 1.85. The third kappa shape index (κ3) is 6.42. The van der Waals surface area contributed by atoms with Crippen molar-refractivity contribution in [2.45, 2.75) is 39.5 Å². The third-order valence-electron chi connectivity index (χ3n) is 3.79. The molecule has 0 spiro atoms. The number of nitrogens with zero attached hydrogens (tertiary/aromatic N) is 2. The number of carbonyl (C=O) groups is 2. The van der Waals surface area contributed by atoms with Crippen molar-refractivity contribution in [1.82, 2.24) is 10.2 Å². The van der Waals surface area contributed by atoms with E-state index >= 15 is 0 Å². The highest BCUT2D eigenvalue weighted by atomic mass is 32.2. The van der Waals surface area contributed by atoms with Gasteiger partial charge in [-0.3, -0.25) is 14.9 Å². The summed E-state index contributed by atoms with van der Waals surface area (Å²) in [7, 11) is 0. The normalized spacial score (nSPS) is 10.8. The molecule has 1 aromatic carbocycles. The van der Waals surface area contributed by atoms with E-state index in [2.05, 4.69) is 34.7 Å². The van der Waals surface area contributed by atoms with Crippen LogP contribution in [0.25, 0.3) is 0 Å². The number of hydrogen-bond acceptors (Lipinski definition) is 6. The van der Waals surface area contributed by atoms with E-state index in [4.69, 9.17) is 0 Å². The predicted octanol–water partition coefficient (Wildman–Crippen LogP) is 4.06. The molecule has 1 aromatic heterocycles. The molecule has 0 fully saturated rings. The van der Waals surface area contributed by atoms with Gasteiger partial charge in [-0.15, -0.1) is 22.0 Å². The number of nitrogens with one attached hydrogen (secondary N) is 2. The Hall–Kier alpha value is -1.93. The highest BCUT2D eigenvalue weighted by Crippen LogP contribution is 2.28. The lowest BCUT2D eigenvalue weighted by atomic mass is 10.1. The second-order valence-corrected chi connectivity index (χ2v) is 7.91. The highest BCUT2D eigenvalue weighted by molar-refractivity contribution is 8.00. The molecule has 0 saturated heterocycles. The maximum Gasteiger partial charge on any atom is 0.236 e. The van der Waals surface area contributed by atoms with Gasteiger partial charge in [-0.1, -0.05) is 37.3 Å². The molecule has 26 heavy (non-hydrogen) atoms. The first kappa shape index (κ1) is 20.4. The first-order valence-electron chi connectivity index (χ1n) is 8.59. The summed E-state index contributed by atoms with van der Waals surface area (Å²) in [6.07, 6.45) is 2.01. The first-order chi connectivity index (χ1) is 12.5. The van der Waals surface area contributed by atoms with E-state index in [-0.39, 0.29) is 23.3 Å². The fourth-order valence-corrected chi connectivity index (χ4v) is 4.04. The molecule has 1 heterocycles. The Morgan fingerprint density at radius 1 is 1.12 bits per heavy atom. The Balaban J connectivity index is 1.72. The van der Waals surface area contributed by atoms with Crippen LogP contribution in [0.4, 0.5) is 10.8 Å². The Labute approximate surface area is 162 Å². The van der Waals surface area contributed by atoms with E-state index in [1.807, 2.05) is 31.2 Å². The van der Waals surface area contributed by atoms with Gasteiger partial charge in [-0.25, -0.2) is 0 Å². The van der Waals surface area contributed by atoms with Gasteiger partial charge in [-0.05, 0) is 37.5 Å². The molecule has 0 saturated carbocycles. The van der Waals surface area contributed by atoms with Crippen molar-refractivity contribution < 1.29 is 9.59 Å². The number of carbonyl (C=O) groups excluding carboxylic acids is 2. The Kier molecular flexibility index (Phi) is 8.06. The summed E-state index contributed by atoms with van der Waals surface area (Å²) in [6, 6.07) is 7.61. The summed E-state index contributed by atoms with van der Waals surface area (Å²) < 4.78 is 0. The van der Waals surface area contributed by atoms with E-state index in [0.717, 1.165) is 29.1 Å². The Bertz CT molecular complexity index is 744. The van der Waals surface area contributed by atoms with Crippen molar-refractivity contribution in [1.29, 1.82) is 0 Å². The van der Waals surface area contributed by atoms with Crippen LogP contribution in [0.5, 0.6) is 0 Å². The van der Waals surface area contributed by atoms with Crippen LogP contribution in [0, 0.1) is 6.92 Å². The summed E-state index contributed by atoms with van der Waals surface area (Å²) in [5.74, 6) is 0.501. The van der Waals surface area contributed by atoms with Crippen LogP contribution < -0.4 is 10.6 Å². The molecule has 6 nitrogen and oxygen atoms in total. The molecule has 0 aliphatic carbocycles. The smallest absolute Gasteiger partial charge is 0.236 e. The Morgan fingerprint density at radius 2 is 1.81 bits per heavy atom. The van der Waals surface area contributed by atoms with Crippen LogP contribution >= 0.6 is 23.1 Å². The summed E-state index contributed by atoms with van der Waals surface area (Å²) in [4.78, 5) is 23.9. The van der Waals surface area contributed by atoms with E-state index in [9.17, 15) is 9.59 Å². The van der Waals surface area contributed by atoms with Crippen LogP contribution in [0.3, 0.4) is 0 Å². The first-order valence-corrected chi connectivity index (χ1v) is 10.6. The third-order valence-corrected chi connectivity index (χ3v) is 5.72. The van der Waals surface area contributed by atoms with Crippen molar-refractivity contribution in [2.75, 3.05) is 22.1 Å². The van der Waals surface area contributed by atoms with Crippen molar-refractivity contribution in [2.24, 2.45) is 0 Å². The van der Waals surface area contributed by atoms with Crippen LogP contribution in [-0.2, 0) is 9.59 Å². The number of amides is 2. The molecule has 0 aliphatic rings.